The van der Waals surface area contributed by atoms with Crippen molar-refractivity contribution >= 4 is 10.9 Å². The second kappa shape index (κ2) is 8.77. The van der Waals surface area contributed by atoms with Gasteiger partial charge in [0.05, 0.1) is 10.9 Å². The lowest BCUT2D eigenvalue weighted by Gasteiger charge is -2.21. The fourth-order valence-corrected chi connectivity index (χ4v) is 5.12. The van der Waals surface area contributed by atoms with E-state index in [1.807, 2.05) is 0 Å². The highest BCUT2D eigenvalue weighted by Crippen LogP contribution is 2.34. The van der Waals surface area contributed by atoms with Crippen molar-refractivity contribution in [3.8, 4) is 11.5 Å². The third-order valence-corrected chi connectivity index (χ3v) is 6.45. The molecule has 0 N–H and O–H groups in total. The zero-order valence-corrected chi connectivity index (χ0v) is 20.0. The van der Waals surface area contributed by atoms with Crippen LogP contribution in [0.1, 0.15) is 47.1 Å². The van der Waals surface area contributed by atoms with Crippen LogP contribution in [0.5, 0.6) is 11.5 Å². The highest BCUT2D eigenvalue weighted by atomic mass is 32.2. The van der Waals surface area contributed by atoms with Crippen LogP contribution in [-0.4, -0.2) is 11.2 Å². The summed E-state index contributed by atoms with van der Waals surface area (Å²) in [6.07, 6.45) is 0. The van der Waals surface area contributed by atoms with Gasteiger partial charge in [-0.2, -0.15) is 0 Å². The van der Waals surface area contributed by atoms with Gasteiger partial charge in [0.2, 0.25) is 0 Å². The Morgan fingerprint density at radius 1 is 0.500 bits per heavy atom. The molecule has 3 heteroatoms. The van der Waals surface area contributed by atoms with Gasteiger partial charge in [0.1, 0.15) is 22.7 Å². The summed E-state index contributed by atoms with van der Waals surface area (Å²) < 4.78 is 12.0. The molecule has 0 saturated heterocycles. The van der Waals surface area contributed by atoms with Crippen LogP contribution in [0, 0.1) is 6.92 Å². The van der Waals surface area contributed by atoms with Crippen LogP contribution < -0.4 is 9.47 Å². The zero-order valence-electron chi connectivity index (χ0n) is 19.2. The Balaban J connectivity index is 1.96. The van der Waals surface area contributed by atoms with Crippen molar-refractivity contribution in [3.05, 3.63) is 78.4 Å². The van der Waals surface area contributed by atoms with E-state index in [1.165, 1.54) is 20.2 Å². The minimum Gasteiger partial charge on any atom is -0.488 e. The molecule has 0 aliphatic heterocycles. The van der Waals surface area contributed by atoms with Gasteiger partial charge in [-0.15, -0.1) is 0 Å². The smallest absolute Gasteiger partial charge is 0.166 e. The molecule has 0 aromatic heterocycles. The predicted molar refractivity (Wildman–Crippen MR) is 127 cm³/mol. The SMILES string of the molecule is Cc1ccc([S+](c2ccc(OC(C)(C)C)cc2)c2ccc(OC(C)(C)C)cc2)cc1. The Morgan fingerprint density at radius 2 is 0.800 bits per heavy atom. The molecule has 30 heavy (non-hydrogen) atoms. The summed E-state index contributed by atoms with van der Waals surface area (Å²) in [6, 6.07) is 25.9. The van der Waals surface area contributed by atoms with Crippen molar-refractivity contribution in [2.45, 2.75) is 74.4 Å². The van der Waals surface area contributed by atoms with Crippen LogP contribution in [0.4, 0.5) is 0 Å². The van der Waals surface area contributed by atoms with Gasteiger partial charge in [-0.3, -0.25) is 0 Å². The van der Waals surface area contributed by atoms with Gasteiger partial charge in [0.25, 0.3) is 0 Å². The van der Waals surface area contributed by atoms with Gasteiger partial charge in [-0.25, -0.2) is 0 Å². The number of hydrogen-bond donors (Lipinski definition) is 0. The zero-order chi connectivity index (χ0) is 21.9. The summed E-state index contributed by atoms with van der Waals surface area (Å²) in [4.78, 5) is 3.84. The molecule has 3 aromatic carbocycles. The monoisotopic (exact) mass is 421 g/mol. The van der Waals surface area contributed by atoms with Gasteiger partial charge in [0, 0.05) is 0 Å². The maximum absolute atomic E-state index is 6.01. The Morgan fingerprint density at radius 3 is 1.10 bits per heavy atom. The lowest BCUT2D eigenvalue weighted by Crippen LogP contribution is -2.23. The third kappa shape index (κ3) is 6.30. The van der Waals surface area contributed by atoms with E-state index in [1.54, 1.807) is 0 Å². The molecule has 0 amide bonds. The van der Waals surface area contributed by atoms with Crippen LogP contribution >= 0.6 is 0 Å². The molecule has 3 rings (SSSR count). The average Bonchev–Trinajstić information content (AvgIpc) is 2.64. The molecule has 0 atom stereocenters. The van der Waals surface area contributed by atoms with E-state index in [4.69, 9.17) is 9.47 Å². The minimum absolute atomic E-state index is 0.197. The molecule has 158 valence electrons. The van der Waals surface area contributed by atoms with Gasteiger partial charge < -0.3 is 9.47 Å². The van der Waals surface area contributed by atoms with Gasteiger partial charge in [-0.05, 0) is 109 Å². The van der Waals surface area contributed by atoms with Crippen molar-refractivity contribution in [1.82, 2.24) is 0 Å². The first-order valence-electron chi connectivity index (χ1n) is 10.4. The summed E-state index contributed by atoms with van der Waals surface area (Å²) in [5.74, 6) is 1.79. The van der Waals surface area contributed by atoms with E-state index in [0.29, 0.717) is 0 Å². The van der Waals surface area contributed by atoms with Crippen LogP contribution in [0.15, 0.2) is 87.5 Å². The molecule has 0 unspecified atom stereocenters. The Kier molecular flexibility index (Phi) is 6.52. The van der Waals surface area contributed by atoms with Crippen molar-refractivity contribution in [1.29, 1.82) is 0 Å². The number of aryl methyl sites for hydroxylation is 1. The molecule has 0 aliphatic rings. The van der Waals surface area contributed by atoms with Crippen molar-refractivity contribution in [3.63, 3.8) is 0 Å². The first kappa shape index (κ1) is 22.3. The van der Waals surface area contributed by atoms with Gasteiger partial charge >= 0.3 is 0 Å². The Labute approximate surface area is 184 Å². The maximum atomic E-state index is 6.01. The van der Waals surface area contributed by atoms with E-state index in [2.05, 4.69) is 121 Å². The molecule has 0 aliphatic carbocycles. The molecule has 2 nitrogen and oxygen atoms in total. The fourth-order valence-electron chi connectivity index (χ4n) is 3.08. The minimum atomic E-state index is -0.205. The van der Waals surface area contributed by atoms with Gasteiger partial charge in [-0.1, -0.05) is 17.7 Å². The Hall–Kier alpha value is -2.39. The first-order chi connectivity index (χ1) is 14.0. The normalized spacial score (nSPS) is 12.1. The average molecular weight is 422 g/mol. The third-order valence-electron chi connectivity index (χ3n) is 4.22. The summed E-state index contributed by atoms with van der Waals surface area (Å²) in [7, 11) is -0.197. The number of hydrogen-bond acceptors (Lipinski definition) is 2. The van der Waals surface area contributed by atoms with E-state index >= 15 is 0 Å². The number of ether oxygens (including phenoxy) is 2. The lowest BCUT2D eigenvalue weighted by molar-refractivity contribution is 0.130. The standard InChI is InChI=1S/C27H33O2S/c1-20-8-14-23(15-9-20)30(24-16-10-21(11-17-24)28-26(2,3)4)25-18-12-22(13-19-25)29-27(5,6)7/h8-19H,1-7H3/q+1. The van der Waals surface area contributed by atoms with Crippen LogP contribution in [-0.2, 0) is 10.9 Å². The summed E-state index contributed by atoms with van der Waals surface area (Å²) in [6.45, 7) is 14.5. The molecule has 0 radical (unpaired) electrons. The van der Waals surface area contributed by atoms with E-state index in [9.17, 15) is 0 Å². The van der Waals surface area contributed by atoms with E-state index in [-0.39, 0.29) is 22.1 Å². The highest BCUT2D eigenvalue weighted by Gasteiger charge is 2.29. The molecule has 3 aromatic rings. The molecule has 0 spiro atoms. The number of rotatable bonds is 5. The number of benzene rings is 3. The van der Waals surface area contributed by atoms with Crippen molar-refractivity contribution < 1.29 is 9.47 Å². The molecule has 0 bridgehead atoms. The van der Waals surface area contributed by atoms with Crippen LogP contribution in [0.25, 0.3) is 0 Å². The Bertz CT molecular complexity index is 885. The molecule has 0 fully saturated rings. The molecular weight excluding hydrogens is 388 g/mol. The van der Waals surface area contributed by atoms with E-state index < -0.39 is 0 Å². The topological polar surface area (TPSA) is 18.5 Å². The predicted octanol–water partition coefficient (Wildman–Crippen LogP) is 7.45. The summed E-state index contributed by atoms with van der Waals surface area (Å²) >= 11 is 0. The quantitative estimate of drug-likeness (QED) is 0.398. The lowest BCUT2D eigenvalue weighted by atomic mass is 10.2. The summed E-state index contributed by atoms with van der Waals surface area (Å²) in [5.41, 5.74) is 0.858. The second-order valence-electron chi connectivity index (χ2n) is 9.49. The highest BCUT2D eigenvalue weighted by molar-refractivity contribution is 7.97. The first-order valence-corrected chi connectivity index (χ1v) is 11.6. The molecule has 0 saturated carbocycles. The van der Waals surface area contributed by atoms with Crippen molar-refractivity contribution in [2.24, 2.45) is 0 Å². The molecular formula is C27H33O2S+. The maximum Gasteiger partial charge on any atom is 0.166 e. The van der Waals surface area contributed by atoms with Gasteiger partial charge in [0.15, 0.2) is 14.7 Å². The summed E-state index contributed by atoms with van der Waals surface area (Å²) in [5, 5.41) is 0. The molecule has 0 heterocycles. The van der Waals surface area contributed by atoms with Crippen LogP contribution in [0.2, 0.25) is 0 Å². The van der Waals surface area contributed by atoms with Crippen LogP contribution in [0.3, 0.4) is 0 Å². The largest absolute Gasteiger partial charge is 0.488 e. The van der Waals surface area contributed by atoms with E-state index in [0.717, 1.165) is 11.5 Å². The fraction of sp³-hybridized carbons (Fsp3) is 0.333. The van der Waals surface area contributed by atoms with Crippen molar-refractivity contribution in [2.75, 3.05) is 0 Å². The second-order valence-corrected chi connectivity index (χ2v) is 11.5.